The number of ether oxygens (including phenoxy) is 3. The van der Waals surface area contributed by atoms with E-state index in [1.54, 1.807) is 44.4 Å². The van der Waals surface area contributed by atoms with Gasteiger partial charge in [-0.2, -0.15) is 4.98 Å². The predicted molar refractivity (Wildman–Crippen MR) is 106 cm³/mol. The molecule has 1 aliphatic rings. The van der Waals surface area contributed by atoms with Crippen molar-refractivity contribution in [2.24, 2.45) is 0 Å². The molecule has 1 saturated heterocycles. The zero-order valence-electron chi connectivity index (χ0n) is 16.4. The molecular weight excluding hydrogens is 374 g/mol. The first-order valence-corrected chi connectivity index (χ1v) is 9.13. The maximum Gasteiger partial charge on any atom is 0.232 e. The Hall–Kier alpha value is -3.55. The highest BCUT2D eigenvalue weighted by atomic mass is 16.5. The molecule has 4 rings (SSSR count). The largest absolute Gasteiger partial charge is 0.497 e. The van der Waals surface area contributed by atoms with Crippen LogP contribution in [-0.4, -0.2) is 43.9 Å². The topological polar surface area (TPSA) is 86.9 Å². The molecule has 1 unspecified atom stereocenters. The van der Waals surface area contributed by atoms with E-state index in [1.165, 1.54) is 0 Å². The number of rotatable bonds is 6. The normalized spacial score (nSPS) is 16.2. The zero-order valence-corrected chi connectivity index (χ0v) is 16.4. The Morgan fingerprint density at radius 2 is 1.76 bits per heavy atom. The fourth-order valence-corrected chi connectivity index (χ4v) is 3.41. The molecule has 0 bridgehead atoms. The minimum absolute atomic E-state index is 0.0118. The zero-order chi connectivity index (χ0) is 20.4. The minimum atomic E-state index is -0.193. The summed E-state index contributed by atoms with van der Waals surface area (Å²) in [7, 11) is 4.75. The lowest BCUT2D eigenvalue weighted by atomic mass is 10.1. The fraction of sp³-hybridized carbons (Fsp3) is 0.286. The summed E-state index contributed by atoms with van der Waals surface area (Å²) in [5.41, 5.74) is 1.45. The minimum Gasteiger partial charge on any atom is -0.497 e. The average Bonchev–Trinajstić information content (AvgIpc) is 3.40. The van der Waals surface area contributed by atoms with E-state index in [0.717, 1.165) is 5.69 Å². The lowest BCUT2D eigenvalue weighted by Gasteiger charge is -2.18. The number of amides is 1. The average molecular weight is 395 g/mol. The third-order valence-corrected chi connectivity index (χ3v) is 4.90. The Balaban J connectivity index is 1.59. The Labute approximate surface area is 168 Å². The van der Waals surface area contributed by atoms with Gasteiger partial charge in [0, 0.05) is 24.6 Å². The maximum atomic E-state index is 12.6. The van der Waals surface area contributed by atoms with Gasteiger partial charge in [0.05, 0.1) is 32.9 Å². The van der Waals surface area contributed by atoms with Crippen LogP contribution in [0, 0.1) is 0 Å². The Morgan fingerprint density at radius 3 is 2.45 bits per heavy atom. The second kappa shape index (κ2) is 7.83. The van der Waals surface area contributed by atoms with Crippen molar-refractivity contribution in [1.29, 1.82) is 0 Å². The second-order valence-corrected chi connectivity index (χ2v) is 6.63. The summed E-state index contributed by atoms with van der Waals surface area (Å²) in [5.74, 6) is 2.54. The van der Waals surface area contributed by atoms with Gasteiger partial charge >= 0.3 is 0 Å². The molecule has 0 saturated carbocycles. The highest BCUT2D eigenvalue weighted by Gasteiger charge is 2.36. The third-order valence-electron chi connectivity index (χ3n) is 4.90. The van der Waals surface area contributed by atoms with E-state index in [4.69, 9.17) is 18.7 Å². The van der Waals surface area contributed by atoms with Crippen molar-refractivity contribution in [1.82, 2.24) is 10.1 Å². The molecule has 2 heterocycles. The van der Waals surface area contributed by atoms with Crippen LogP contribution in [0.1, 0.15) is 18.2 Å². The van der Waals surface area contributed by atoms with Crippen molar-refractivity contribution in [3.05, 3.63) is 48.4 Å². The van der Waals surface area contributed by atoms with Crippen molar-refractivity contribution in [2.45, 2.75) is 12.3 Å². The molecule has 1 fully saturated rings. The summed E-state index contributed by atoms with van der Waals surface area (Å²) in [6.07, 6.45) is 0.293. The number of carbonyl (C=O) groups excluding carboxylic acids is 1. The first kappa shape index (κ1) is 18.8. The van der Waals surface area contributed by atoms with Crippen LogP contribution in [0.15, 0.2) is 47.0 Å². The summed E-state index contributed by atoms with van der Waals surface area (Å²) in [6.45, 7) is 0.447. The van der Waals surface area contributed by atoms with E-state index in [2.05, 4.69) is 10.1 Å². The van der Waals surface area contributed by atoms with Crippen LogP contribution in [-0.2, 0) is 4.79 Å². The SMILES string of the molecule is COc1cc(OC)cc(-c2noc(C3CC(=O)N(c4ccccc4OC)C3)n2)c1. The Morgan fingerprint density at radius 1 is 1.03 bits per heavy atom. The Bertz CT molecular complexity index is 1010. The number of benzene rings is 2. The standard InChI is InChI=1S/C21H21N3O5/c1-26-15-8-13(9-16(11-15)27-2)20-22-21(29-23-20)14-10-19(25)24(12-14)17-6-4-5-7-18(17)28-3/h4-9,11,14H,10,12H2,1-3H3. The van der Waals surface area contributed by atoms with Gasteiger partial charge in [0.25, 0.3) is 0 Å². The first-order valence-electron chi connectivity index (χ1n) is 9.13. The molecule has 150 valence electrons. The molecule has 8 nitrogen and oxygen atoms in total. The van der Waals surface area contributed by atoms with Crippen molar-refractivity contribution in [3.8, 4) is 28.6 Å². The molecule has 1 atom stereocenters. The number of nitrogens with zero attached hydrogens (tertiary/aromatic N) is 3. The van der Waals surface area contributed by atoms with Crippen molar-refractivity contribution >= 4 is 11.6 Å². The van der Waals surface area contributed by atoms with Crippen molar-refractivity contribution in [3.63, 3.8) is 0 Å². The molecule has 8 heteroatoms. The molecule has 0 aliphatic carbocycles. The highest BCUT2D eigenvalue weighted by molar-refractivity contribution is 5.97. The summed E-state index contributed by atoms with van der Waals surface area (Å²) < 4.78 is 21.5. The summed E-state index contributed by atoms with van der Waals surface area (Å²) in [6, 6.07) is 12.8. The summed E-state index contributed by atoms with van der Waals surface area (Å²) in [5, 5.41) is 4.09. The van der Waals surface area contributed by atoms with E-state index < -0.39 is 0 Å². The van der Waals surface area contributed by atoms with E-state index in [-0.39, 0.29) is 11.8 Å². The van der Waals surface area contributed by atoms with E-state index in [1.807, 2.05) is 24.3 Å². The van der Waals surface area contributed by atoms with Crippen LogP contribution in [0.3, 0.4) is 0 Å². The number of para-hydroxylation sites is 2. The molecule has 3 aromatic rings. The lowest BCUT2D eigenvalue weighted by Crippen LogP contribution is -2.24. The van der Waals surface area contributed by atoms with Gasteiger partial charge in [-0.05, 0) is 24.3 Å². The van der Waals surface area contributed by atoms with Crippen molar-refractivity contribution < 1.29 is 23.5 Å². The van der Waals surface area contributed by atoms with Crippen LogP contribution in [0.4, 0.5) is 5.69 Å². The number of hydrogen-bond acceptors (Lipinski definition) is 7. The summed E-state index contributed by atoms with van der Waals surface area (Å²) >= 11 is 0. The molecule has 1 amide bonds. The lowest BCUT2D eigenvalue weighted by molar-refractivity contribution is -0.117. The number of methoxy groups -OCH3 is 3. The number of aromatic nitrogens is 2. The van der Waals surface area contributed by atoms with E-state index >= 15 is 0 Å². The van der Waals surface area contributed by atoms with Gasteiger partial charge in [0.2, 0.25) is 17.6 Å². The highest BCUT2D eigenvalue weighted by Crippen LogP contribution is 2.36. The molecule has 1 aliphatic heterocycles. The first-order chi connectivity index (χ1) is 14.1. The molecule has 1 aromatic heterocycles. The van der Waals surface area contributed by atoms with Crippen LogP contribution in [0.5, 0.6) is 17.2 Å². The van der Waals surface area contributed by atoms with Gasteiger partial charge in [0.1, 0.15) is 17.2 Å². The summed E-state index contributed by atoms with van der Waals surface area (Å²) in [4.78, 5) is 18.8. The van der Waals surface area contributed by atoms with Crippen LogP contribution < -0.4 is 19.1 Å². The monoisotopic (exact) mass is 395 g/mol. The van der Waals surface area contributed by atoms with Gasteiger partial charge in [-0.25, -0.2) is 0 Å². The Kier molecular flexibility index (Phi) is 5.07. The molecule has 0 spiro atoms. The quantitative estimate of drug-likeness (QED) is 0.633. The van der Waals surface area contributed by atoms with Gasteiger partial charge in [0.15, 0.2) is 0 Å². The molecule has 29 heavy (non-hydrogen) atoms. The number of hydrogen-bond donors (Lipinski definition) is 0. The van der Waals surface area contributed by atoms with Gasteiger partial charge < -0.3 is 23.6 Å². The van der Waals surface area contributed by atoms with Crippen molar-refractivity contribution in [2.75, 3.05) is 32.8 Å². The van der Waals surface area contributed by atoms with Crippen LogP contribution in [0.25, 0.3) is 11.4 Å². The van der Waals surface area contributed by atoms with E-state index in [0.29, 0.717) is 47.5 Å². The predicted octanol–water partition coefficient (Wildman–Crippen LogP) is 3.28. The van der Waals surface area contributed by atoms with Crippen LogP contribution >= 0.6 is 0 Å². The molecule has 2 aromatic carbocycles. The molecule has 0 radical (unpaired) electrons. The number of carbonyl (C=O) groups is 1. The van der Waals surface area contributed by atoms with E-state index in [9.17, 15) is 4.79 Å². The molecular formula is C21H21N3O5. The smallest absolute Gasteiger partial charge is 0.232 e. The van der Waals surface area contributed by atoms with Crippen LogP contribution in [0.2, 0.25) is 0 Å². The second-order valence-electron chi connectivity index (χ2n) is 6.63. The third kappa shape index (κ3) is 3.61. The van der Waals surface area contributed by atoms with Gasteiger partial charge in [-0.1, -0.05) is 17.3 Å². The van der Waals surface area contributed by atoms with Gasteiger partial charge in [-0.15, -0.1) is 0 Å². The molecule has 0 N–H and O–H groups in total. The maximum absolute atomic E-state index is 12.6. The fourth-order valence-electron chi connectivity index (χ4n) is 3.41. The number of anilines is 1. The van der Waals surface area contributed by atoms with Gasteiger partial charge in [-0.3, -0.25) is 4.79 Å².